The zero-order chi connectivity index (χ0) is 20.9. The van der Waals surface area contributed by atoms with Crippen LogP contribution in [0.1, 0.15) is 37.4 Å². The van der Waals surface area contributed by atoms with E-state index in [0.29, 0.717) is 10.9 Å². The van der Waals surface area contributed by atoms with Gasteiger partial charge >= 0.3 is 0 Å². The van der Waals surface area contributed by atoms with Gasteiger partial charge in [-0.3, -0.25) is 9.19 Å². The van der Waals surface area contributed by atoms with Gasteiger partial charge in [-0.2, -0.15) is 0 Å². The molecule has 0 bridgehead atoms. The van der Waals surface area contributed by atoms with Crippen molar-refractivity contribution < 1.29 is 4.21 Å². The zero-order valence-electron chi connectivity index (χ0n) is 17.8. The zero-order valence-corrected chi connectivity index (χ0v) is 19.5. The fourth-order valence-corrected chi connectivity index (χ4v) is 6.18. The lowest BCUT2D eigenvalue weighted by Gasteiger charge is -2.26. The summed E-state index contributed by atoms with van der Waals surface area (Å²) < 4.78 is 15.6. The standard InChI is InChI=1S/C23H30N4OS2/c1-3-29-22-11-12-24-20(18(22)2)17-30(28)23-25-19-9-5-6-10-21(19)27(23)16-15-26-13-7-4-8-14-26/h5-6,9-12H,3-4,7-8,13-17H2,1-2H3. The van der Waals surface area contributed by atoms with E-state index in [9.17, 15) is 4.21 Å². The summed E-state index contributed by atoms with van der Waals surface area (Å²) in [6, 6.07) is 10.2. The van der Waals surface area contributed by atoms with Crippen molar-refractivity contribution in [2.45, 2.75) is 55.5 Å². The Hall–Kier alpha value is -1.70. The maximum Gasteiger partial charge on any atom is 0.200 e. The predicted molar refractivity (Wildman–Crippen MR) is 126 cm³/mol. The molecule has 0 saturated carbocycles. The molecule has 7 heteroatoms. The molecule has 0 spiro atoms. The van der Waals surface area contributed by atoms with Gasteiger partial charge in [0.05, 0.1) is 33.3 Å². The van der Waals surface area contributed by atoms with Crippen LogP contribution in [0.15, 0.2) is 46.6 Å². The third-order valence-corrected chi connectivity index (χ3v) is 8.03. The predicted octanol–water partition coefficient (Wildman–Crippen LogP) is 4.65. The van der Waals surface area contributed by atoms with Crippen molar-refractivity contribution in [2.75, 3.05) is 25.4 Å². The summed E-state index contributed by atoms with van der Waals surface area (Å²) in [5.41, 5.74) is 4.02. The third-order valence-electron chi connectivity index (χ3n) is 5.74. The number of nitrogens with zero attached hydrogens (tertiary/aromatic N) is 4. The molecule has 0 radical (unpaired) electrons. The lowest BCUT2D eigenvalue weighted by molar-refractivity contribution is 0.219. The van der Waals surface area contributed by atoms with Crippen LogP contribution in [-0.2, 0) is 23.1 Å². The second-order valence-electron chi connectivity index (χ2n) is 7.74. The largest absolute Gasteiger partial charge is 0.316 e. The number of hydrogen-bond acceptors (Lipinski definition) is 5. The molecule has 1 unspecified atom stereocenters. The summed E-state index contributed by atoms with van der Waals surface area (Å²) in [6.07, 6.45) is 5.72. The summed E-state index contributed by atoms with van der Waals surface area (Å²) in [5.74, 6) is 1.41. The minimum absolute atomic E-state index is 0.400. The number of pyridine rings is 1. The molecule has 1 aromatic carbocycles. The van der Waals surface area contributed by atoms with E-state index in [1.165, 1.54) is 24.2 Å². The van der Waals surface area contributed by atoms with Crippen LogP contribution in [0, 0.1) is 6.92 Å². The van der Waals surface area contributed by atoms with E-state index in [2.05, 4.69) is 34.4 Å². The topological polar surface area (TPSA) is 51.0 Å². The highest BCUT2D eigenvalue weighted by molar-refractivity contribution is 7.99. The highest BCUT2D eigenvalue weighted by Gasteiger charge is 2.20. The first-order chi connectivity index (χ1) is 14.7. The minimum Gasteiger partial charge on any atom is -0.316 e. The van der Waals surface area contributed by atoms with Gasteiger partial charge in [0.15, 0.2) is 0 Å². The molecule has 1 aliphatic rings. The number of thioether (sulfide) groups is 1. The van der Waals surface area contributed by atoms with E-state index in [4.69, 9.17) is 4.98 Å². The maximum atomic E-state index is 13.4. The number of fused-ring (bicyclic) bond motifs is 1. The lowest BCUT2D eigenvalue weighted by atomic mass is 10.1. The van der Waals surface area contributed by atoms with Crippen LogP contribution in [0.4, 0.5) is 0 Å². The van der Waals surface area contributed by atoms with Gasteiger partial charge in [0.25, 0.3) is 0 Å². The molecule has 1 aliphatic heterocycles. The summed E-state index contributed by atoms with van der Waals surface area (Å²) >= 11 is 1.80. The Morgan fingerprint density at radius 1 is 1.10 bits per heavy atom. The summed E-state index contributed by atoms with van der Waals surface area (Å²) in [4.78, 5) is 13.0. The van der Waals surface area contributed by atoms with Crippen LogP contribution >= 0.6 is 11.8 Å². The Bertz CT molecular complexity index is 1030. The van der Waals surface area contributed by atoms with E-state index in [1.54, 1.807) is 11.8 Å². The fourth-order valence-electron chi connectivity index (χ4n) is 4.07. The Kier molecular flexibility index (Phi) is 7.23. The van der Waals surface area contributed by atoms with Crippen molar-refractivity contribution in [3.8, 4) is 0 Å². The van der Waals surface area contributed by atoms with E-state index >= 15 is 0 Å². The number of imidazole rings is 1. The van der Waals surface area contributed by atoms with Crippen LogP contribution in [0.5, 0.6) is 0 Å². The van der Waals surface area contributed by atoms with Gasteiger partial charge < -0.3 is 9.47 Å². The molecule has 0 amide bonds. The monoisotopic (exact) mass is 442 g/mol. The van der Waals surface area contributed by atoms with Crippen molar-refractivity contribution >= 4 is 33.6 Å². The average Bonchev–Trinajstić information content (AvgIpc) is 3.15. The van der Waals surface area contributed by atoms with Gasteiger partial charge in [0, 0.05) is 24.2 Å². The van der Waals surface area contributed by atoms with E-state index in [0.717, 1.165) is 54.2 Å². The molecule has 1 fully saturated rings. The average molecular weight is 443 g/mol. The first kappa shape index (κ1) is 21.5. The molecule has 3 aromatic rings. The molecule has 160 valence electrons. The smallest absolute Gasteiger partial charge is 0.200 e. The highest BCUT2D eigenvalue weighted by atomic mass is 32.2. The lowest BCUT2D eigenvalue weighted by Crippen LogP contribution is -2.32. The van der Waals surface area contributed by atoms with Crippen molar-refractivity contribution in [3.63, 3.8) is 0 Å². The Morgan fingerprint density at radius 2 is 1.90 bits per heavy atom. The maximum absolute atomic E-state index is 13.4. The van der Waals surface area contributed by atoms with Gasteiger partial charge in [0.2, 0.25) is 5.16 Å². The van der Waals surface area contributed by atoms with Crippen molar-refractivity contribution in [1.29, 1.82) is 0 Å². The van der Waals surface area contributed by atoms with Crippen molar-refractivity contribution in [1.82, 2.24) is 19.4 Å². The number of piperidine rings is 1. The van der Waals surface area contributed by atoms with E-state index in [-0.39, 0.29) is 0 Å². The van der Waals surface area contributed by atoms with Gasteiger partial charge in [0.1, 0.15) is 0 Å². The first-order valence-electron chi connectivity index (χ1n) is 10.8. The molecule has 0 N–H and O–H groups in total. The molecule has 4 rings (SSSR count). The Labute approximate surface area is 185 Å². The number of aromatic nitrogens is 3. The third kappa shape index (κ3) is 4.79. The highest BCUT2D eigenvalue weighted by Crippen LogP contribution is 2.26. The minimum atomic E-state index is -1.25. The molecule has 3 heterocycles. The number of para-hydroxylation sites is 2. The Balaban J connectivity index is 1.59. The van der Waals surface area contributed by atoms with Crippen LogP contribution in [0.2, 0.25) is 0 Å². The van der Waals surface area contributed by atoms with E-state index in [1.807, 2.05) is 30.5 Å². The van der Waals surface area contributed by atoms with Crippen molar-refractivity contribution in [3.05, 3.63) is 47.8 Å². The fraction of sp³-hybridized carbons (Fsp3) is 0.478. The summed E-state index contributed by atoms with van der Waals surface area (Å²) in [6.45, 7) is 8.35. The molecule has 5 nitrogen and oxygen atoms in total. The van der Waals surface area contributed by atoms with Crippen LogP contribution in [0.25, 0.3) is 11.0 Å². The molecule has 30 heavy (non-hydrogen) atoms. The van der Waals surface area contributed by atoms with Gasteiger partial charge in [-0.1, -0.05) is 25.5 Å². The van der Waals surface area contributed by atoms with Gasteiger partial charge in [-0.15, -0.1) is 11.8 Å². The van der Waals surface area contributed by atoms with E-state index < -0.39 is 10.8 Å². The normalized spacial score (nSPS) is 16.2. The quantitative estimate of drug-likeness (QED) is 0.476. The molecular formula is C23H30N4OS2. The summed E-state index contributed by atoms with van der Waals surface area (Å²) in [7, 11) is -1.25. The number of hydrogen-bond donors (Lipinski definition) is 0. The second-order valence-corrected chi connectivity index (χ2v) is 10.4. The molecule has 1 atom stereocenters. The first-order valence-corrected chi connectivity index (χ1v) is 13.1. The number of rotatable bonds is 8. The van der Waals surface area contributed by atoms with Gasteiger partial charge in [-0.05, 0) is 62.4 Å². The van der Waals surface area contributed by atoms with Crippen molar-refractivity contribution in [2.24, 2.45) is 0 Å². The summed E-state index contributed by atoms with van der Waals surface area (Å²) in [5, 5.41) is 0.669. The van der Waals surface area contributed by atoms with Crippen LogP contribution < -0.4 is 0 Å². The molecule has 2 aromatic heterocycles. The molecular weight excluding hydrogens is 412 g/mol. The van der Waals surface area contributed by atoms with Crippen LogP contribution in [-0.4, -0.2) is 49.0 Å². The second kappa shape index (κ2) is 10.1. The SMILES string of the molecule is CCSc1ccnc(CS(=O)c2nc3ccccc3n2CCN2CCCCC2)c1C. The molecule has 1 saturated heterocycles. The Morgan fingerprint density at radius 3 is 2.70 bits per heavy atom. The number of likely N-dealkylation sites (tertiary alicyclic amines) is 1. The van der Waals surface area contributed by atoms with Gasteiger partial charge in [-0.25, -0.2) is 4.98 Å². The number of benzene rings is 1. The van der Waals surface area contributed by atoms with Crippen LogP contribution in [0.3, 0.4) is 0 Å². The molecule has 0 aliphatic carbocycles.